The van der Waals surface area contributed by atoms with Gasteiger partial charge in [0.15, 0.2) is 11.4 Å². The summed E-state index contributed by atoms with van der Waals surface area (Å²) in [6.45, 7) is 2.17. The first-order valence-electron chi connectivity index (χ1n) is 9.05. The number of hydrogen-bond acceptors (Lipinski definition) is 2. The standard InChI is InChI=1S/C20H30NO2.BrH/c1-21(2)13-12-16(15-21)14-19(22)20(23,18-10-6-7-11-18)17-8-4-3-5-9-17;/h3-5,8-9,16,18,23H,6-7,10-15H2,1-2H3;1H/q+1;/p-1/t16-,20-;/m0./s1. The number of rotatable bonds is 5. The summed E-state index contributed by atoms with van der Waals surface area (Å²) in [7, 11) is 4.45. The third kappa shape index (κ3) is 3.92. The molecule has 0 radical (unpaired) electrons. The summed E-state index contributed by atoms with van der Waals surface area (Å²) in [5, 5.41) is 11.5. The lowest BCUT2D eigenvalue weighted by molar-refractivity contribution is -0.879. The Kier molecular flexibility index (Phi) is 6.27. The maximum Gasteiger partial charge on any atom is 0.169 e. The van der Waals surface area contributed by atoms with Crippen molar-refractivity contribution in [1.82, 2.24) is 0 Å². The highest BCUT2D eigenvalue weighted by Crippen LogP contribution is 2.42. The van der Waals surface area contributed by atoms with E-state index in [0.717, 1.165) is 55.2 Å². The smallest absolute Gasteiger partial charge is 0.169 e. The molecule has 134 valence electrons. The van der Waals surface area contributed by atoms with Crippen molar-refractivity contribution < 1.29 is 31.4 Å². The summed E-state index contributed by atoms with van der Waals surface area (Å²) < 4.78 is 0.991. The van der Waals surface area contributed by atoms with Crippen molar-refractivity contribution in [2.45, 2.75) is 44.1 Å². The zero-order chi connectivity index (χ0) is 16.5. The maximum atomic E-state index is 13.2. The van der Waals surface area contributed by atoms with Crippen molar-refractivity contribution in [1.29, 1.82) is 0 Å². The predicted octanol–water partition coefficient (Wildman–Crippen LogP) is 0.124. The molecular weight excluding hydrogens is 366 g/mol. The van der Waals surface area contributed by atoms with Crippen LogP contribution in [0.4, 0.5) is 0 Å². The largest absolute Gasteiger partial charge is 1.00 e. The molecule has 3 rings (SSSR count). The number of quaternary nitrogens is 1. The van der Waals surface area contributed by atoms with E-state index in [-0.39, 0.29) is 28.7 Å². The molecule has 1 aromatic carbocycles. The van der Waals surface area contributed by atoms with Gasteiger partial charge in [-0.05, 0) is 24.3 Å². The Bertz CT molecular complexity index is 554. The number of carbonyl (C=O) groups excluding carboxylic acids is 1. The van der Waals surface area contributed by atoms with Gasteiger partial charge in [-0.3, -0.25) is 4.79 Å². The van der Waals surface area contributed by atoms with Crippen LogP contribution in [0.15, 0.2) is 30.3 Å². The normalized spacial score (nSPS) is 25.9. The van der Waals surface area contributed by atoms with Gasteiger partial charge in [-0.25, -0.2) is 0 Å². The summed E-state index contributed by atoms with van der Waals surface area (Å²) in [5.41, 5.74) is -0.485. The van der Waals surface area contributed by atoms with Gasteiger partial charge in [-0.1, -0.05) is 43.2 Å². The van der Waals surface area contributed by atoms with Crippen LogP contribution in [0.1, 0.15) is 44.1 Å². The fourth-order valence-corrected chi connectivity index (χ4v) is 4.66. The lowest BCUT2D eigenvalue weighted by Gasteiger charge is -2.34. The third-order valence-electron chi connectivity index (χ3n) is 5.95. The average Bonchev–Trinajstić information content (AvgIpc) is 3.17. The molecule has 0 aromatic heterocycles. The van der Waals surface area contributed by atoms with E-state index in [1.807, 2.05) is 30.3 Å². The number of aliphatic hydroxyl groups is 1. The first kappa shape index (κ1) is 19.6. The number of halogens is 1. The Balaban J connectivity index is 0.00000208. The summed E-state index contributed by atoms with van der Waals surface area (Å²) >= 11 is 0. The van der Waals surface area contributed by atoms with Crippen LogP contribution in [-0.2, 0) is 10.4 Å². The zero-order valence-corrected chi connectivity index (χ0v) is 16.5. The minimum Gasteiger partial charge on any atom is -1.00 e. The molecule has 0 bridgehead atoms. The fourth-order valence-electron chi connectivity index (χ4n) is 4.66. The summed E-state index contributed by atoms with van der Waals surface area (Å²) in [5.74, 6) is 0.540. The van der Waals surface area contributed by atoms with Crippen molar-refractivity contribution in [2.75, 3.05) is 27.2 Å². The molecule has 1 aliphatic heterocycles. The van der Waals surface area contributed by atoms with Gasteiger partial charge < -0.3 is 26.6 Å². The van der Waals surface area contributed by atoms with Crippen molar-refractivity contribution in [3.63, 3.8) is 0 Å². The highest BCUT2D eigenvalue weighted by Gasteiger charge is 2.47. The number of hydrogen-bond donors (Lipinski definition) is 1. The Labute approximate surface area is 156 Å². The molecule has 0 spiro atoms. The van der Waals surface area contributed by atoms with Crippen LogP contribution in [-0.4, -0.2) is 42.6 Å². The second-order valence-corrected chi connectivity index (χ2v) is 8.24. The number of ketones is 1. The third-order valence-corrected chi connectivity index (χ3v) is 5.95. The van der Waals surface area contributed by atoms with Gasteiger partial charge in [0.1, 0.15) is 0 Å². The first-order chi connectivity index (χ1) is 10.9. The quantitative estimate of drug-likeness (QED) is 0.719. The molecule has 1 saturated carbocycles. The van der Waals surface area contributed by atoms with Gasteiger partial charge in [0.05, 0.1) is 27.2 Å². The molecule has 24 heavy (non-hydrogen) atoms. The Hall–Kier alpha value is -0.710. The molecule has 2 aliphatic rings. The van der Waals surface area contributed by atoms with Gasteiger partial charge in [-0.2, -0.15) is 0 Å². The number of nitrogens with zero attached hydrogens (tertiary/aromatic N) is 1. The van der Waals surface area contributed by atoms with Gasteiger partial charge >= 0.3 is 0 Å². The maximum absolute atomic E-state index is 13.2. The fraction of sp³-hybridized carbons (Fsp3) is 0.650. The van der Waals surface area contributed by atoms with E-state index < -0.39 is 5.60 Å². The molecule has 1 heterocycles. The van der Waals surface area contributed by atoms with E-state index >= 15 is 0 Å². The molecule has 0 unspecified atom stereocenters. The number of carbonyl (C=O) groups is 1. The van der Waals surface area contributed by atoms with Crippen LogP contribution in [0.25, 0.3) is 0 Å². The molecule has 2 fully saturated rings. The van der Waals surface area contributed by atoms with E-state index in [0.29, 0.717) is 12.3 Å². The van der Waals surface area contributed by atoms with Crippen LogP contribution >= 0.6 is 0 Å². The number of Topliss-reactive ketones (excluding diaryl/α,β-unsaturated/α-hetero) is 1. The van der Waals surface area contributed by atoms with E-state index in [2.05, 4.69) is 14.1 Å². The second kappa shape index (κ2) is 7.67. The highest BCUT2D eigenvalue weighted by atomic mass is 79.9. The van der Waals surface area contributed by atoms with Crippen LogP contribution in [0.3, 0.4) is 0 Å². The molecule has 3 nitrogen and oxygen atoms in total. The van der Waals surface area contributed by atoms with Crippen LogP contribution in [0, 0.1) is 11.8 Å². The summed E-state index contributed by atoms with van der Waals surface area (Å²) in [6, 6.07) is 9.64. The molecular formula is C20H30BrNO2. The Morgan fingerprint density at radius 2 is 1.79 bits per heavy atom. The SMILES string of the molecule is C[N+]1(C)CC[C@@H](CC(=O)[C@](O)(c2ccccc2)C2CCCC2)C1.[Br-]. The van der Waals surface area contributed by atoms with Crippen LogP contribution in [0.2, 0.25) is 0 Å². The van der Waals surface area contributed by atoms with Gasteiger partial charge in [0.25, 0.3) is 0 Å². The molecule has 1 aliphatic carbocycles. The van der Waals surface area contributed by atoms with Crippen molar-refractivity contribution >= 4 is 5.78 Å². The average molecular weight is 396 g/mol. The molecule has 1 saturated heterocycles. The van der Waals surface area contributed by atoms with Crippen molar-refractivity contribution in [3.05, 3.63) is 35.9 Å². The molecule has 2 atom stereocenters. The zero-order valence-electron chi connectivity index (χ0n) is 14.9. The van der Waals surface area contributed by atoms with Crippen molar-refractivity contribution in [3.8, 4) is 0 Å². The van der Waals surface area contributed by atoms with Crippen LogP contribution in [0.5, 0.6) is 0 Å². The van der Waals surface area contributed by atoms with Gasteiger partial charge in [0.2, 0.25) is 0 Å². The van der Waals surface area contributed by atoms with Gasteiger partial charge in [-0.15, -0.1) is 0 Å². The van der Waals surface area contributed by atoms with E-state index in [1.165, 1.54) is 0 Å². The van der Waals surface area contributed by atoms with Crippen LogP contribution < -0.4 is 17.0 Å². The van der Waals surface area contributed by atoms with Crippen molar-refractivity contribution in [2.24, 2.45) is 11.8 Å². The second-order valence-electron chi connectivity index (χ2n) is 8.24. The lowest BCUT2D eigenvalue weighted by atomic mass is 9.75. The van der Waals surface area contributed by atoms with E-state index in [9.17, 15) is 9.90 Å². The molecule has 1 aromatic rings. The highest BCUT2D eigenvalue weighted by molar-refractivity contribution is 5.89. The topological polar surface area (TPSA) is 37.3 Å². The minimum absolute atomic E-state index is 0. The molecule has 0 amide bonds. The number of likely N-dealkylation sites (tertiary alicyclic amines) is 1. The monoisotopic (exact) mass is 395 g/mol. The van der Waals surface area contributed by atoms with Gasteiger partial charge in [0, 0.05) is 18.8 Å². The van der Waals surface area contributed by atoms with E-state index in [4.69, 9.17) is 0 Å². The predicted molar refractivity (Wildman–Crippen MR) is 91.9 cm³/mol. The Morgan fingerprint density at radius 1 is 1.17 bits per heavy atom. The summed E-state index contributed by atoms with van der Waals surface area (Å²) in [6.07, 6.45) is 5.78. The first-order valence-corrected chi connectivity index (χ1v) is 9.05. The van der Waals surface area contributed by atoms with E-state index in [1.54, 1.807) is 0 Å². The minimum atomic E-state index is -1.28. The Morgan fingerprint density at radius 3 is 2.33 bits per heavy atom. The number of benzene rings is 1. The summed E-state index contributed by atoms with van der Waals surface area (Å²) in [4.78, 5) is 13.2. The molecule has 1 N–H and O–H groups in total. The lowest BCUT2D eigenvalue weighted by Crippen LogP contribution is -3.00. The molecule has 4 heteroatoms.